The lowest BCUT2D eigenvalue weighted by molar-refractivity contribution is 0.0950. The highest BCUT2D eigenvalue weighted by Gasteiger charge is 2.26. The van der Waals surface area contributed by atoms with Crippen LogP contribution < -0.4 is 20.9 Å². The van der Waals surface area contributed by atoms with E-state index in [-0.39, 0.29) is 30.1 Å². The Kier molecular flexibility index (Phi) is 7.40. The fraction of sp³-hybridized carbons (Fsp3) is 0.286. The van der Waals surface area contributed by atoms with E-state index in [0.717, 1.165) is 29.9 Å². The average Bonchev–Trinajstić information content (AvgIpc) is 3.68. The number of carbonyl (C=O) groups excluding carboxylic acids is 1. The summed E-state index contributed by atoms with van der Waals surface area (Å²) in [5, 5.41) is 16.3. The summed E-state index contributed by atoms with van der Waals surface area (Å²) in [6.45, 7) is 1.91. The van der Waals surface area contributed by atoms with E-state index in [1.165, 1.54) is 24.4 Å². The molecule has 0 radical (unpaired) electrons. The lowest BCUT2D eigenvalue weighted by atomic mass is 10.1. The van der Waals surface area contributed by atoms with Gasteiger partial charge in [0.05, 0.1) is 5.56 Å². The van der Waals surface area contributed by atoms with Gasteiger partial charge in [-0.05, 0) is 55.7 Å². The molecule has 1 saturated carbocycles. The van der Waals surface area contributed by atoms with Gasteiger partial charge in [0.2, 0.25) is 0 Å². The molecule has 3 aromatic heterocycles. The van der Waals surface area contributed by atoms with E-state index in [2.05, 4.69) is 36.1 Å². The molecule has 1 aliphatic carbocycles. The van der Waals surface area contributed by atoms with Gasteiger partial charge in [-0.1, -0.05) is 12.1 Å². The van der Waals surface area contributed by atoms with Crippen LogP contribution >= 0.6 is 0 Å². The smallest absolute Gasteiger partial charge is 0.253 e. The van der Waals surface area contributed by atoms with Gasteiger partial charge < -0.3 is 20.9 Å². The van der Waals surface area contributed by atoms with Crippen LogP contribution in [0.3, 0.4) is 0 Å². The van der Waals surface area contributed by atoms with E-state index in [1.54, 1.807) is 24.3 Å². The lowest BCUT2D eigenvalue weighted by Crippen LogP contribution is -2.24. The van der Waals surface area contributed by atoms with Gasteiger partial charge in [0.25, 0.3) is 5.91 Å². The molecule has 0 aliphatic heterocycles. The maximum absolute atomic E-state index is 15.2. The Morgan fingerprint density at radius 1 is 1.10 bits per heavy atom. The van der Waals surface area contributed by atoms with Crippen molar-refractivity contribution in [2.75, 3.05) is 29.6 Å². The molecule has 1 atom stereocenters. The summed E-state index contributed by atoms with van der Waals surface area (Å²) >= 11 is 0. The first-order valence-electron chi connectivity index (χ1n) is 12.7. The summed E-state index contributed by atoms with van der Waals surface area (Å²) in [7, 11) is 3.73. The first-order chi connectivity index (χ1) is 18.8. The number of benzene rings is 1. The number of carbonyl (C=O) groups is 1. The molecule has 1 aliphatic rings. The SMILES string of the molecule is CC(Nc1nc(Nc2cc(C3CC3)[nH]n2)c(F)cc1CNC(=O)c1ccc(N(C)C)nc1)c1ccc(F)cc1. The van der Waals surface area contributed by atoms with Crippen LogP contribution in [0, 0.1) is 11.6 Å². The monoisotopic (exact) mass is 532 g/mol. The highest BCUT2D eigenvalue weighted by Crippen LogP contribution is 2.39. The molecule has 1 aromatic carbocycles. The van der Waals surface area contributed by atoms with Crippen LogP contribution in [0.25, 0.3) is 0 Å². The molecule has 0 spiro atoms. The second-order valence-corrected chi connectivity index (χ2v) is 9.83. The molecule has 11 heteroatoms. The number of pyridine rings is 2. The van der Waals surface area contributed by atoms with Gasteiger partial charge >= 0.3 is 0 Å². The summed E-state index contributed by atoms with van der Waals surface area (Å²) in [6, 6.07) is 12.4. The molecule has 4 N–H and O–H groups in total. The summed E-state index contributed by atoms with van der Waals surface area (Å²) in [5.74, 6) is 0.757. The van der Waals surface area contributed by atoms with Gasteiger partial charge in [-0.2, -0.15) is 5.10 Å². The Morgan fingerprint density at radius 3 is 2.54 bits per heavy atom. The van der Waals surface area contributed by atoms with Crippen molar-refractivity contribution in [2.24, 2.45) is 0 Å². The highest BCUT2D eigenvalue weighted by atomic mass is 19.1. The predicted molar refractivity (Wildman–Crippen MR) is 146 cm³/mol. The number of nitrogens with zero attached hydrogens (tertiary/aromatic N) is 4. The molecule has 0 bridgehead atoms. The fourth-order valence-electron chi connectivity index (χ4n) is 4.10. The van der Waals surface area contributed by atoms with Crippen LogP contribution in [0.15, 0.2) is 54.7 Å². The number of hydrogen-bond donors (Lipinski definition) is 4. The van der Waals surface area contributed by atoms with Crippen molar-refractivity contribution in [1.82, 2.24) is 25.5 Å². The van der Waals surface area contributed by atoms with Gasteiger partial charge in [-0.25, -0.2) is 18.7 Å². The van der Waals surface area contributed by atoms with Crippen LogP contribution in [0.4, 0.5) is 32.1 Å². The van der Waals surface area contributed by atoms with Crippen molar-refractivity contribution in [2.45, 2.75) is 38.3 Å². The minimum atomic E-state index is -0.591. The molecular weight excluding hydrogens is 502 g/mol. The topological polar surface area (TPSA) is 111 Å². The Bertz CT molecular complexity index is 1450. The van der Waals surface area contributed by atoms with E-state index in [0.29, 0.717) is 28.7 Å². The van der Waals surface area contributed by atoms with Crippen molar-refractivity contribution in [3.8, 4) is 0 Å². The molecule has 3 heterocycles. The largest absolute Gasteiger partial charge is 0.363 e. The number of rotatable bonds is 10. The van der Waals surface area contributed by atoms with Crippen molar-refractivity contribution in [3.63, 3.8) is 0 Å². The fourth-order valence-corrected chi connectivity index (χ4v) is 4.10. The summed E-state index contributed by atoms with van der Waals surface area (Å²) in [6.07, 6.45) is 3.71. The Hall–Kier alpha value is -4.54. The molecule has 0 saturated heterocycles. The minimum absolute atomic E-state index is 0.00351. The van der Waals surface area contributed by atoms with E-state index >= 15 is 4.39 Å². The number of hydrogen-bond acceptors (Lipinski definition) is 7. The van der Waals surface area contributed by atoms with Gasteiger partial charge in [0.1, 0.15) is 17.5 Å². The van der Waals surface area contributed by atoms with Gasteiger partial charge in [-0.15, -0.1) is 0 Å². The third-order valence-corrected chi connectivity index (χ3v) is 6.55. The van der Waals surface area contributed by atoms with Crippen LogP contribution in [-0.4, -0.2) is 40.2 Å². The second kappa shape index (κ2) is 11.1. The molecule has 1 amide bonds. The highest BCUT2D eigenvalue weighted by molar-refractivity contribution is 5.94. The molecule has 9 nitrogen and oxygen atoms in total. The van der Waals surface area contributed by atoms with Gasteiger partial charge in [0, 0.05) is 56.1 Å². The maximum atomic E-state index is 15.2. The quantitative estimate of drug-likeness (QED) is 0.220. The van der Waals surface area contributed by atoms with E-state index < -0.39 is 5.82 Å². The lowest BCUT2D eigenvalue weighted by Gasteiger charge is -2.19. The number of aromatic nitrogens is 4. The first-order valence-corrected chi connectivity index (χ1v) is 12.7. The zero-order valence-electron chi connectivity index (χ0n) is 21.9. The minimum Gasteiger partial charge on any atom is -0.363 e. The van der Waals surface area contributed by atoms with Crippen LogP contribution in [-0.2, 0) is 6.54 Å². The first kappa shape index (κ1) is 26.1. The predicted octanol–water partition coefficient (Wildman–Crippen LogP) is 5.27. The molecular formula is C28H30F2N8O. The van der Waals surface area contributed by atoms with Crippen molar-refractivity contribution < 1.29 is 13.6 Å². The van der Waals surface area contributed by atoms with Crippen molar-refractivity contribution in [3.05, 3.63) is 88.7 Å². The average molecular weight is 533 g/mol. The summed E-state index contributed by atoms with van der Waals surface area (Å²) < 4.78 is 28.6. The molecule has 1 unspecified atom stereocenters. The molecule has 39 heavy (non-hydrogen) atoms. The van der Waals surface area contributed by atoms with Crippen molar-refractivity contribution >= 4 is 29.2 Å². The molecule has 4 aromatic rings. The van der Waals surface area contributed by atoms with Crippen LogP contribution in [0.1, 0.15) is 58.9 Å². The Balaban J connectivity index is 1.37. The molecule has 1 fully saturated rings. The maximum Gasteiger partial charge on any atom is 0.253 e. The van der Waals surface area contributed by atoms with Crippen LogP contribution in [0.2, 0.25) is 0 Å². The van der Waals surface area contributed by atoms with Gasteiger partial charge in [-0.3, -0.25) is 9.89 Å². The second-order valence-electron chi connectivity index (χ2n) is 9.83. The Labute approximate surface area is 225 Å². The third-order valence-electron chi connectivity index (χ3n) is 6.55. The number of amides is 1. The number of H-pyrrole nitrogens is 1. The zero-order valence-corrected chi connectivity index (χ0v) is 21.9. The zero-order chi connectivity index (χ0) is 27.5. The number of anilines is 4. The van der Waals surface area contributed by atoms with E-state index in [4.69, 9.17) is 0 Å². The summed E-state index contributed by atoms with van der Waals surface area (Å²) in [5.41, 5.74) is 2.65. The molecule has 5 rings (SSSR count). The van der Waals surface area contributed by atoms with Crippen LogP contribution in [0.5, 0.6) is 0 Å². The molecule has 202 valence electrons. The standard InChI is InChI=1S/C28H30F2N8O/c1-16(17-6-9-21(29)10-7-17)33-26-20(15-32-28(39)19-8-11-25(31-14-19)38(2)3)12-22(30)27(35-26)34-24-13-23(36-37-24)18-4-5-18/h6-14,16,18H,4-5,15H2,1-3H3,(H,32,39)(H3,33,34,35,36,37). The number of halogens is 2. The van der Waals surface area contributed by atoms with Gasteiger partial charge in [0.15, 0.2) is 17.5 Å². The normalized spacial score (nSPS) is 13.6. The number of aromatic amines is 1. The summed E-state index contributed by atoms with van der Waals surface area (Å²) in [4.78, 5) is 23.4. The van der Waals surface area contributed by atoms with E-state index in [9.17, 15) is 9.18 Å². The van der Waals surface area contributed by atoms with E-state index in [1.807, 2.05) is 32.0 Å². The Morgan fingerprint density at radius 2 is 1.87 bits per heavy atom. The number of nitrogens with one attached hydrogen (secondary N) is 4. The third kappa shape index (κ3) is 6.31. The van der Waals surface area contributed by atoms with Crippen molar-refractivity contribution in [1.29, 1.82) is 0 Å².